The molecule has 3 amide bonds. The maximum absolute atomic E-state index is 13.0. The van der Waals surface area contributed by atoms with E-state index in [1.807, 2.05) is 71.6 Å². The van der Waals surface area contributed by atoms with Gasteiger partial charge in [-0.3, -0.25) is 4.79 Å². The molecule has 0 aliphatic carbocycles. The fraction of sp³-hybridized carbons (Fsp3) is 0.143. The first kappa shape index (κ1) is 24.0. The van der Waals surface area contributed by atoms with Crippen LogP contribution in [0.25, 0.3) is 10.8 Å². The topological polar surface area (TPSA) is 64.7 Å². The van der Waals surface area contributed by atoms with Gasteiger partial charge in [-0.1, -0.05) is 53.5 Å². The van der Waals surface area contributed by atoms with E-state index < -0.39 is 0 Å². The lowest BCUT2D eigenvalue weighted by Crippen LogP contribution is -2.48. The van der Waals surface area contributed by atoms with Gasteiger partial charge in [0.25, 0.3) is 5.91 Å². The molecule has 1 aliphatic heterocycles. The largest absolute Gasteiger partial charge is 0.368 e. The van der Waals surface area contributed by atoms with Crippen molar-refractivity contribution in [3.8, 4) is 0 Å². The van der Waals surface area contributed by atoms with Gasteiger partial charge in [0.05, 0.1) is 10.0 Å². The van der Waals surface area contributed by atoms with Crippen molar-refractivity contribution >= 4 is 63.0 Å². The minimum absolute atomic E-state index is 0.0629. The molecule has 36 heavy (non-hydrogen) atoms. The van der Waals surface area contributed by atoms with Crippen molar-refractivity contribution in [2.45, 2.75) is 0 Å². The van der Waals surface area contributed by atoms with Crippen LogP contribution in [0.2, 0.25) is 10.0 Å². The maximum Gasteiger partial charge on any atom is 0.323 e. The smallest absolute Gasteiger partial charge is 0.323 e. The molecule has 0 radical (unpaired) electrons. The van der Waals surface area contributed by atoms with Crippen LogP contribution in [0.4, 0.5) is 21.9 Å². The summed E-state index contributed by atoms with van der Waals surface area (Å²) in [6.07, 6.45) is 0. The number of halogens is 2. The molecule has 1 fully saturated rings. The molecular formula is C28H24Cl2N4O2. The van der Waals surface area contributed by atoms with Crippen LogP contribution in [0.1, 0.15) is 10.4 Å². The van der Waals surface area contributed by atoms with Gasteiger partial charge in [-0.05, 0) is 65.4 Å². The molecule has 0 atom stereocenters. The van der Waals surface area contributed by atoms with Crippen molar-refractivity contribution in [3.05, 3.63) is 101 Å². The van der Waals surface area contributed by atoms with Crippen molar-refractivity contribution in [3.63, 3.8) is 0 Å². The average Bonchev–Trinajstić information content (AvgIpc) is 2.90. The Balaban J connectivity index is 1.15. The SMILES string of the molecule is O=C(Nc1ccc(N2CCN(C(=O)c3ccc4ccccc4c3)CC2)cc1)Nc1ccc(Cl)c(Cl)c1. The Hall–Kier alpha value is -3.74. The number of urea groups is 1. The lowest BCUT2D eigenvalue weighted by molar-refractivity contribution is 0.0747. The average molecular weight is 519 g/mol. The van der Waals surface area contributed by atoms with E-state index in [0.29, 0.717) is 34.5 Å². The van der Waals surface area contributed by atoms with Crippen LogP contribution in [-0.2, 0) is 0 Å². The first-order valence-electron chi connectivity index (χ1n) is 11.6. The van der Waals surface area contributed by atoms with Gasteiger partial charge in [0, 0.05) is 48.8 Å². The number of carbonyl (C=O) groups excluding carboxylic acids is 2. The number of nitrogens with one attached hydrogen (secondary N) is 2. The van der Waals surface area contributed by atoms with Crippen molar-refractivity contribution in [1.29, 1.82) is 0 Å². The number of anilines is 3. The van der Waals surface area contributed by atoms with E-state index >= 15 is 0 Å². The zero-order chi connectivity index (χ0) is 25.1. The van der Waals surface area contributed by atoms with Crippen molar-refractivity contribution < 1.29 is 9.59 Å². The Labute approximate surface area is 219 Å². The summed E-state index contributed by atoms with van der Waals surface area (Å²) in [6.45, 7) is 2.78. The normalized spacial score (nSPS) is 13.5. The van der Waals surface area contributed by atoms with Gasteiger partial charge in [0.1, 0.15) is 0 Å². The minimum atomic E-state index is -0.373. The van der Waals surface area contributed by atoms with Crippen LogP contribution in [0.5, 0.6) is 0 Å². The first-order valence-corrected chi connectivity index (χ1v) is 12.4. The Kier molecular flexibility index (Phi) is 6.98. The standard InChI is InChI=1S/C28H24Cl2N4O2/c29-25-12-9-23(18-26(25)30)32-28(36)31-22-7-10-24(11-8-22)33-13-15-34(16-14-33)27(35)21-6-5-19-3-1-2-4-20(19)17-21/h1-12,17-18H,13-16H2,(H2,31,32,36). The lowest BCUT2D eigenvalue weighted by Gasteiger charge is -2.36. The van der Waals surface area contributed by atoms with Gasteiger partial charge in [0.2, 0.25) is 0 Å². The third-order valence-corrected chi connectivity index (χ3v) is 6.97. The predicted octanol–water partition coefficient (Wildman–Crippen LogP) is 6.75. The predicted molar refractivity (Wildman–Crippen MR) is 148 cm³/mol. The van der Waals surface area contributed by atoms with E-state index in [0.717, 1.165) is 35.1 Å². The van der Waals surface area contributed by atoms with E-state index in [2.05, 4.69) is 15.5 Å². The molecule has 4 aromatic rings. The molecule has 0 aromatic heterocycles. The molecule has 0 spiro atoms. The zero-order valence-electron chi connectivity index (χ0n) is 19.4. The number of fused-ring (bicyclic) bond motifs is 1. The number of hydrogen-bond acceptors (Lipinski definition) is 3. The van der Waals surface area contributed by atoms with E-state index in [-0.39, 0.29) is 11.9 Å². The Morgan fingerprint density at radius 2 is 1.33 bits per heavy atom. The van der Waals surface area contributed by atoms with Crippen LogP contribution >= 0.6 is 23.2 Å². The van der Waals surface area contributed by atoms with Crippen LogP contribution in [0, 0.1) is 0 Å². The van der Waals surface area contributed by atoms with Crippen molar-refractivity contribution in [2.75, 3.05) is 41.7 Å². The van der Waals surface area contributed by atoms with Gasteiger partial charge < -0.3 is 20.4 Å². The van der Waals surface area contributed by atoms with Crippen LogP contribution in [0.15, 0.2) is 84.9 Å². The van der Waals surface area contributed by atoms with E-state index in [1.54, 1.807) is 18.2 Å². The highest BCUT2D eigenvalue weighted by molar-refractivity contribution is 6.42. The molecule has 1 aliphatic rings. The number of nitrogens with zero attached hydrogens (tertiary/aromatic N) is 2. The van der Waals surface area contributed by atoms with Gasteiger partial charge in [-0.15, -0.1) is 0 Å². The molecule has 182 valence electrons. The highest BCUT2D eigenvalue weighted by Crippen LogP contribution is 2.25. The van der Waals surface area contributed by atoms with Crippen LogP contribution in [-0.4, -0.2) is 43.0 Å². The fourth-order valence-electron chi connectivity index (χ4n) is 4.30. The second-order valence-electron chi connectivity index (χ2n) is 8.60. The fourth-order valence-corrected chi connectivity index (χ4v) is 4.59. The molecule has 1 saturated heterocycles. The second-order valence-corrected chi connectivity index (χ2v) is 9.41. The van der Waals surface area contributed by atoms with Gasteiger partial charge in [0.15, 0.2) is 0 Å². The van der Waals surface area contributed by atoms with Gasteiger partial charge in [-0.25, -0.2) is 4.79 Å². The Morgan fingerprint density at radius 3 is 2.06 bits per heavy atom. The highest BCUT2D eigenvalue weighted by atomic mass is 35.5. The number of benzene rings is 4. The summed E-state index contributed by atoms with van der Waals surface area (Å²) in [4.78, 5) is 29.5. The van der Waals surface area contributed by atoms with Crippen molar-refractivity contribution in [2.24, 2.45) is 0 Å². The summed E-state index contributed by atoms with van der Waals surface area (Å²) < 4.78 is 0. The molecule has 4 aromatic carbocycles. The van der Waals surface area contributed by atoms with Crippen LogP contribution in [0.3, 0.4) is 0 Å². The lowest BCUT2D eigenvalue weighted by atomic mass is 10.1. The molecule has 5 rings (SSSR count). The molecule has 0 saturated carbocycles. The van der Waals surface area contributed by atoms with E-state index in [1.165, 1.54) is 0 Å². The number of carbonyl (C=O) groups is 2. The molecule has 1 heterocycles. The number of amides is 3. The Morgan fingerprint density at radius 1 is 0.667 bits per heavy atom. The summed E-state index contributed by atoms with van der Waals surface area (Å²) in [7, 11) is 0. The summed E-state index contributed by atoms with van der Waals surface area (Å²) in [5, 5.41) is 8.54. The maximum atomic E-state index is 13.0. The molecule has 6 nitrogen and oxygen atoms in total. The molecular weight excluding hydrogens is 495 g/mol. The monoisotopic (exact) mass is 518 g/mol. The van der Waals surface area contributed by atoms with E-state index in [4.69, 9.17) is 23.2 Å². The number of piperazine rings is 1. The molecule has 2 N–H and O–H groups in total. The second kappa shape index (κ2) is 10.5. The highest BCUT2D eigenvalue weighted by Gasteiger charge is 2.22. The summed E-state index contributed by atoms with van der Waals surface area (Å²) in [5.41, 5.74) is 2.98. The summed E-state index contributed by atoms with van der Waals surface area (Å²) >= 11 is 11.9. The van der Waals surface area contributed by atoms with Gasteiger partial charge >= 0.3 is 6.03 Å². The first-order chi connectivity index (χ1) is 17.5. The molecule has 0 unspecified atom stereocenters. The van der Waals surface area contributed by atoms with Gasteiger partial charge in [-0.2, -0.15) is 0 Å². The number of rotatable bonds is 4. The third-order valence-electron chi connectivity index (χ3n) is 6.23. The minimum Gasteiger partial charge on any atom is -0.368 e. The van der Waals surface area contributed by atoms with Crippen molar-refractivity contribution in [1.82, 2.24) is 4.90 Å². The zero-order valence-corrected chi connectivity index (χ0v) is 20.9. The molecule has 0 bridgehead atoms. The molecule has 8 heteroatoms. The summed E-state index contributed by atoms with van der Waals surface area (Å²) in [5.74, 6) is 0.0629. The number of hydrogen-bond donors (Lipinski definition) is 2. The Bertz CT molecular complexity index is 1420. The van der Waals surface area contributed by atoms with Crippen LogP contribution < -0.4 is 15.5 Å². The summed E-state index contributed by atoms with van der Waals surface area (Å²) in [6, 6.07) is 26.1. The van der Waals surface area contributed by atoms with E-state index in [9.17, 15) is 9.59 Å². The third kappa shape index (κ3) is 5.40. The quantitative estimate of drug-likeness (QED) is 0.314.